The quantitative estimate of drug-likeness (QED) is 0.513. The van der Waals surface area contributed by atoms with Gasteiger partial charge in [-0.1, -0.05) is 15.9 Å². The van der Waals surface area contributed by atoms with Gasteiger partial charge in [-0.15, -0.1) is 0 Å². The zero-order valence-electron chi connectivity index (χ0n) is 11.6. The maximum atomic E-state index is 13.5. The minimum atomic E-state index is -0.560. The smallest absolute Gasteiger partial charge is 0.340 e. The highest BCUT2D eigenvalue weighted by Gasteiger charge is 2.12. The van der Waals surface area contributed by atoms with Gasteiger partial charge in [0.05, 0.1) is 5.56 Å². The maximum Gasteiger partial charge on any atom is 0.340 e. The van der Waals surface area contributed by atoms with Gasteiger partial charge >= 0.3 is 5.63 Å². The Morgan fingerprint density at radius 3 is 2.91 bits per heavy atom. The van der Waals surface area contributed by atoms with Gasteiger partial charge < -0.3 is 9.15 Å². The minimum Gasteiger partial charge on any atom is -0.436 e. The van der Waals surface area contributed by atoms with E-state index in [-0.39, 0.29) is 5.88 Å². The summed E-state index contributed by atoms with van der Waals surface area (Å²) in [6, 6.07) is 7.75. The van der Waals surface area contributed by atoms with Gasteiger partial charge in [0.2, 0.25) is 0 Å². The van der Waals surface area contributed by atoms with E-state index in [1.807, 2.05) is 6.92 Å². The summed E-state index contributed by atoms with van der Waals surface area (Å²) >= 11 is 3.28. The summed E-state index contributed by atoms with van der Waals surface area (Å²) in [6.45, 7) is 1.86. The first-order chi connectivity index (χ1) is 10.6. The number of hydrogen-bond donors (Lipinski definition) is 0. The Balaban J connectivity index is 2.07. The van der Waals surface area contributed by atoms with Crippen molar-refractivity contribution in [3.05, 3.63) is 63.9 Å². The molecule has 0 fully saturated rings. The van der Waals surface area contributed by atoms with Crippen LogP contribution in [0.4, 0.5) is 4.39 Å². The predicted octanol–water partition coefficient (Wildman–Crippen LogP) is 4.32. The summed E-state index contributed by atoms with van der Waals surface area (Å²) < 4.78 is 24.2. The third-order valence-electron chi connectivity index (χ3n) is 3.33. The second-order valence-electron chi connectivity index (χ2n) is 4.68. The number of nitrogens with zero attached hydrogens (tertiary/aromatic N) is 1. The largest absolute Gasteiger partial charge is 0.436 e. The van der Waals surface area contributed by atoms with Crippen molar-refractivity contribution in [1.82, 2.24) is 4.98 Å². The van der Waals surface area contributed by atoms with Crippen molar-refractivity contribution in [3.8, 4) is 11.6 Å². The van der Waals surface area contributed by atoms with Crippen molar-refractivity contribution in [2.75, 3.05) is 0 Å². The average molecular weight is 364 g/mol. The minimum absolute atomic E-state index is 0.127. The molecule has 0 saturated heterocycles. The molecule has 0 aliphatic rings. The van der Waals surface area contributed by atoms with Crippen LogP contribution in [0, 0.1) is 12.7 Å². The first-order valence-electron chi connectivity index (χ1n) is 6.51. The number of pyridine rings is 1. The lowest BCUT2D eigenvalue weighted by atomic mass is 10.1. The molecule has 3 aromatic rings. The number of aryl methyl sites for hydroxylation is 1. The topological polar surface area (TPSA) is 52.3 Å². The standard InChI is InChI=1S/C16H11BrFNO3/c1-9-11-5-4-10(21-15-13(18)3-2-6-19-15)7-14(11)22-16(20)12(9)8-17/h2-7H,8H2,1H3. The summed E-state index contributed by atoms with van der Waals surface area (Å²) in [5.74, 6) is -0.341. The second kappa shape index (κ2) is 5.88. The molecule has 0 aliphatic carbocycles. The molecule has 22 heavy (non-hydrogen) atoms. The number of fused-ring (bicyclic) bond motifs is 1. The second-order valence-corrected chi connectivity index (χ2v) is 5.24. The Kier molecular flexibility index (Phi) is 3.94. The molecule has 3 rings (SSSR count). The van der Waals surface area contributed by atoms with Crippen LogP contribution in [0.2, 0.25) is 0 Å². The van der Waals surface area contributed by atoms with Gasteiger partial charge in [-0.25, -0.2) is 14.2 Å². The van der Waals surface area contributed by atoms with Crippen molar-refractivity contribution in [2.24, 2.45) is 0 Å². The van der Waals surface area contributed by atoms with E-state index in [2.05, 4.69) is 20.9 Å². The molecule has 0 spiro atoms. The summed E-state index contributed by atoms with van der Waals surface area (Å²) in [5.41, 5.74) is 1.42. The van der Waals surface area contributed by atoms with Crippen molar-refractivity contribution >= 4 is 26.9 Å². The summed E-state index contributed by atoms with van der Waals surface area (Å²) in [4.78, 5) is 15.7. The summed E-state index contributed by atoms with van der Waals surface area (Å²) in [5, 5.41) is 1.23. The Morgan fingerprint density at radius 1 is 1.36 bits per heavy atom. The molecule has 0 radical (unpaired) electrons. The highest BCUT2D eigenvalue weighted by Crippen LogP contribution is 2.28. The molecule has 112 valence electrons. The van der Waals surface area contributed by atoms with Gasteiger partial charge in [0.1, 0.15) is 11.3 Å². The van der Waals surface area contributed by atoms with E-state index in [4.69, 9.17) is 9.15 Å². The Hall–Kier alpha value is -2.21. The van der Waals surface area contributed by atoms with E-state index >= 15 is 0 Å². The summed E-state index contributed by atoms with van der Waals surface area (Å²) in [7, 11) is 0. The van der Waals surface area contributed by atoms with Crippen LogP contribution in [0.25, 0.3) is 11.0 Å². The highest BCUT2D eigenvalue weighted by molar-refractivity contribution is 9.08. The molecule has 1 aromatic carbocycles. The number of hydrogen-bond acceptors (Lipinski definition) is 4. The first-order valence-corrected chi connectivity index (χ1v) is 7.63. The molecule has 2 heterocycles. The van der Waals surface area contributed by atoms with Crippen LogP contribution in [0.15, 0.2) is 45.7 Å². The van der Waals surface area contributed by atoms with Crippen LogP contribution in [-0.2, 0) is 5.33 Å². The van der Waals surface area contributed by atoms with Gasteiger partial charge in [-0.05, 0) is 36.8 Å². The molecule has 0 N–H and O–H groups in total. The third kappa shape index (κ3) is 2.62. The van der Waals surface area contributed by atoms with Crippen molar-refractivity contribution < 1.29 is 13.5 Å². The van der Waals surface area contributed by atoms with E-state index < -0.39 is 11.4 Å². The van der Waals surface area contributed by atoms with E-state index in [1.54, 1.807) is 18.2 Å². The van der Waals surface area contributed by atoms with Gasteiger partial charge in [0.25, 0.3) is 5.88 Å². The highest BCUT2D eigenvalue weighted by atomic mass is 79.9. The van der Waals surface area contributed by atoms with Crippen molar-refractivity contribution in [2.45, 2.75) is 12.3 Å². The monoisotopic (exact) mass is 363 g/mol. The molecule has 0 amide bonds. The molecule has 0 saturated carbocycles. The predicted molar refractivity (Wildman–Crippen MR) is 84.1 cm³/mol. The number of halogens is 2. The lowest BCUT2D eigenvalue weighted by Gasteiger charge is -2.08. The fourth-order valence-electron chi connectivity index (χ4n) is 2.15. The fraction of sp³-hybridized carbons (Fsp3) is 0.125. The Labute approximate surface area is 133 Å². The van der Waals surface area contributed by atoms with Crippen LogP contribution in [0.3, 0.4) is 0 Å². The zero-order chi connectivity index (χ0) is 15.7. The zero-order valence-corrected chi connectivity index (χ0v) is 13.2. The third-order valence-corrected chi connectivity index (χ3v) is 3.89. The van der Waals surface area contributed by atoms with Crippen molar-refractivity contribution in [3.63, 3.8) is 0 Å². The lowest BCUT2D eigenvalue weighted by Crippen LogP contribution is -2.08. The van der Waals surface area contributed by atoms with Crippen LogP contribution in [-0.4, -0.2) is 4.98 Å². The molecular formula is C16H11BrFNO3. The molecule has 0 atom stereocenters. The van der Waals surface area contributed by atoms with E-state index in [0.717, 1.165) is 10.9 Å². The van der Waals surface area contributed by atoms with E-state index in [0.29, 0.717) is 22.2 Å². The molecule has 4 nitrogen and oxygen atoms in total. The Morgan fingerprint density at radius 2 is 2.18 bits per heavy atom. The van der Waals surface area contributed by atoms with Gasteiger partial charge in [-0.2, -0.15) is 0 Å². The number of alkyl halides is 1. The molecule has 2 aromatic heterocycles. The van der Waals surface area contributed by atoms with Gasteiger partial charge in [-0.3, -0.25) is 0 Å². The van der Waals surface area contributed by atoms with E-state index in [9.17, 15) is 9.18 Å². The SMILES string of the molecule is Cc1c(CBr)c(=O)oc2cc(Oc3ncccc3F)ccc12. The maximum absolute atomic E-state index is 13.5. The molecule has 0 aliphatic heterocycles. The van der Waals surface area contributed by atoms with Crippen LogP contribution in [0.1, 0.15) is 11.1 Å². The fourth-order valence-corrected chi connectivity index (χ4v) is 2.80. The molecular weight excluding hydrogens is 353 g/mol. The van der Waals surface area contributed by atoms with E-state index in [1.165, 1.54) is 18.3 Å². The van der Waals surface area contributed by atoms with Crippen LogP contribution in [0.5, 0.6) is 11.6 Å². The first kappa shape index (κ1) is 14.7. The van der Waals surface area contributed by atoms with Gasteiger partial charge in [0.15, 0.2) is 5.82 Å². The Bertz CT molecular complexity index is 908. The van der Waals surface area contributed by atoms with Crippen LogP contribution < -0.4 is 10.4 Å². The number of benzene rings is 1. The van der Waals surface area contributed by atoms with Crippen molar-refractivity contribution in [1.29, 1.82) is 0 Å². The lowest BCUT2D eigenvalue weighted by molar-refractivity contribution is 0.422. The summed E-state index contributed by atoms with van der Waals surface area (Å²) in [6.07, 6.45) is 1.44. The molecule has 0 bridgehead atoms. The molecule has 0 unspecified atom stereocenters. The average Bonchev–Trinajstić information content (AvgIpc) is 2.50. The number of aromatic nitrogens is 1. The molecule has 6 heteroatoms. The van der Waals surface area contributed by atoms with Crippen LogP contribution >= 0.6 is 15.9 Å². The normalized spacial score (nSPS) is 10.9. The number of rotatable bonds is 3. The van der Waals surface area contributed by atoms with Gasteiger partial charge in [0, 0.05) is 23.0 Å². The number of ether oxygens (including phenoxy) is 1.